The molecule has 170 valence electrons. The third-order valence-electron chi connectivity index (χ3n) is 6.65. The number of hydrogen-bond acceptors (Lipinski definition) is 6. The predicted molar refractivity (Wildman–Crippen MR) is 128 cm³/mol. The fourth-order valence-corrected chi connectivity index (χ4v) is 4.78. The van der Waals surface area contributed by atoms with Crippen molar-refractivity contribution >= 4 is 11.7 Å². The summed E-state index contributed by atoms with van der Waals surface area (Å²) in [6.45, 7) is 6.06. The number of piperazine rings is 1. The fourth-order valence-electron chi connectivity index (χ4n) is 4.78. The van der Waals surface area contributed by atoms with E-state index in [0.717, 1.165) is 69.2 Å². The summed E-state index contributed by atoms with van der Waals surface area (Å²) in [7, 11) is 0. The lowest BCUT2D eigenvalue weighted by molar-refractivity contribution is -0.137. The van der Waals surface area contributed by atoms with Gasteiger partial charge in [-0.15, -0.1) is 10.2 Å². The lowest BCUT2D eigenvalue weighted by atomic mass is 9.96. The van der Waals surface area contributed by atoms with Crippen LogP contribution in [0.5, 0.6) is 0 Å². The summed E-state index contributed by atoms with van der Waals surface area (Å²) < 4.78 is 0. The average Bonchev–Trinajstić information content (AvgIpc) is 2.90. The zero-order valence-electron chi connectivity index (χ0n) is 18.9. The Kier molecular flexibility index (Phi) is 6.58. The molecule has 3 aromatic rings. The lowest BCUT2D eigenvalue weighted by Crippen LogP contribution is -2.52. The van der Waals surface area contributed by atoms with Crippen LogP contribution in [-0.4, -0.2) is 70.2 Å². The topological polar surface area (TPSA) is 65.5 Å². The van der Waals surface area contributed by atoms with Gasteiger partial charge in [0.15, 0.2) is 5.82 Å². The number of piperidine rings is 1. The third kappa shape index (κ3) is 5.20. The molecule has 7 heteroatoms. The quantitative estimate of drug-likeness (QED) is 0.605. The number of rotatable bonds is 5. The molecular weight excluding hydrogens is 412 g/mol. The van der Waals surface area contributed by atoms with Crippen molar-refractivity contribution in [1.29, 1.82) is 0 Å². The summed E-state index contributed by atoms with van der Waals surface area (Å²) in [4.78, 5) is 24.0. The molecule has 0 spiro atoms. The van der Waals surface area contributed by atoms with Crippen molar-refractivity contribution in [3.8, 4) is 11.3 Å². The van der Waals surface area contributed by atoms with Gasteiger partial charge in [-0.05, 0) is 42.7 Å². The summed E-state index contributed by atoms with van der Waals surface area (Å²) in [5, 5.41) is 8.87. The van der Waals surface area contributed by atoms with Crippen molar-refractivity contribution in [3.05, 3.63) is 72.6 Å². The second kappa shape index (κ2) is 10.1. The highest BCUT2D eigenvalue weighted by Gasteiger charge is 2.31. The number of amides is 1. The molecule has 2 aliphatic heterocycles. The molecule has 33 heavy (non-hydrogen) atoms. The molecule has 1 aromatic carbocycles. The molecule has 2 aliphatic rings. The Hall–Kier alpha value is -3.32. The van der Waals surface area contributed by atoms with E-state index >= 15 is 0 Å². The highest BCUT2D eigenvalue weighted by molar-refractivity contribution is 5.80. The molecule has 0 saturated carbocycles. The Labute approximate surface area is 195 Å². The van der Waals surface area contributed by atoms with Crippen LogP contribution in [0.4, 0.5) is 5.82 Å². The number of carbonyl (C=O) groups is 1. The van der Waals surface area contributed by atoms with Gasteiger partial charge in [0.2, 0.25) is 5.91 Å². The van der Waals surface area contributed by atoms with Gasteiger partial charge in [-0.25, -0.2) is 0 Å². The van der Waals surface area contributed by atoms with Crippen LogP contribution in [0.3, 0.4) is 0 Å². The molecule has 0 bridgehead atoms. The van der Waals surface area contributed by atoms with Crippen molar-refractivity contribution in [2.75, 3.05) is 44.2 Å². The van der Waals surface area contributed by atoms with E-state index < -0.39 is 0 Å². The zero-order valence-corrected chi connectivity index (χ0v) is 18.9. The van der Waals surface area contributed by atoms with Crippen LogP contribution in [0.25, 0.3) is 11.3 Å². The van der Waals surface area contributed by atoms with Gasteiger partial charge in [0, 0.05) is 63.8 Å². The van der Waals surface area contributed by atoms with Crippen molar-refractivity contribution < 1.29 is 4.79 Å². The summed E-state index contributed by atoms with van der Waals surface area (Å²) >= 11 is 0. The predicted octanol–water partition coefficient (Wildman–Crippen LogP) is 3.10. The summed E-state index contributed by atoms with van der Waals surface area (Å²) in [5.74, 6) is 1.17. The Bertz CT molecular complexity index is 1040. The minimum Gasteiger partial charge on any atom is -0.354 e. The molecule has 0 aliphatic carbocycles. The van der Waals surface area contributed by atoms with Crippen LogP contribution >= 0.6 is 0 Å². The van der Waals surface area contributed by atoms with E-state index in [2.05, 4.69) is 60.2 Å². The maximum absolute atomic E-state index is 13.3. The first kappa shape index (κ1) is 21.5. The Morgan fingerprint density at radius 1 is 0.879 bits per heavy atom. The van der Waals surface area contributed by atoms with E-state index in [-0.39, 0.29) is 5.92 Å². The van der Waals surface area contributed by atoms with E-state index in [4.69, 9.17) is 0 Å². The molecule has 2 saturated heterocycles. The maximum Gasteiger partial charge on any atom is 0.227 e. The SMILES string of the molecule is O=C(C1CCCN(c2ccc(-c3ccncc3)nn2)C1)N1CCN(Cc2ccccc2)CC1. The largest absolute Gasteiger partial charge is 0.354 e. The molecule has 0 N–H and O–H groups in total. The molecule has 0 radical (unpaired) electrons. The number of anilines is 1. The standard InChI is InChI=1S/C26H30N6O/c33-26(31-17-15-30(16-18-31)19-21-5-2-1-3-6-21)23-7-4-14-32(20-23)25-9-8-24(28-29-25)22-10-12-27-13-11-22/h1-3,5-6,8-13,23H,4,7,14-20H2. The number of hydrogen-bond donors (Lipinski definition) is 0. The van der Waals surface area contributed by atoms with Crippen molar-refractivity contribution in [2.24, 2.45) is 5.92 Å². The molecule has 2 aromatic heterocycles. The Morgan fingerprint density at radius 3 is 2.39 bits per heavy atom. The molecule has 2 fully saturated rings. The van der Waals surface area contributed by atoms with Crippen LogP contribution < -0.4 is 4.90 Å². The number of benzene rings is 1. The van der Waals surface area contributed by atoms with E-state index in [0.29, 0.717) is 12.5 Å². The molecule has 5 rings (SSSR count). The minimum atomic E-state index is 0.0288. The number of pyridine rings is 1. The average molecular weight is 443 g/mol. The van der Waals surface area contributed by atoms with E-state index in [1.54, 1.807) is 12.4 Å². The first-order valence-corrected chi connectivity index (χ1v) is 11.8. The molecule has 1 atom stereocenters. The van der Waals surface area contributed by atoms with Crippen molar-refractivity contribution in [2.45, 2.75) is 19.4 Å². The Morgan fingerprint density at radius 2 is 1.67 bits per heavy atom. The van der Waals surface area contributed by atoms with Crippen LogP contribution in [0.1, 0.15) is 18.4 Å². The van der Waals surface area contributed by atoms with Gasteiger partial charge in [0.05, 0.1) is 11.6 Å². The summed E-state index contributed by atoms with van der Waals surface area (Å²) in [6, 6.07) is 18.4. The molecule has 7 nitrogen and oxygen atoms in total. The third-order valence-corrected chi connectivity index (χ3v) is 6.65. The summed E-state index contributed by atoms with van der Waals surface area (Å²) in [6.07, 6.45) is 5.46. The van der Waals surface area contributed by atoms with Crippen LogP contribution in [0, 0.1) is 5.92 Å². The number of carbonyl (C=O) groups excluding carboxylic acids is 1. The van der Waals surface area contributed by atoms with Crippen molar-refractivity contribution in [3.63, 3.8) is 0 Å². The molecule has 1 amide bonds. The van der Waals surface area contributed by atoms with E-state index in [9.17, 15) is 4.79 Å². The van der Waals surface area contributed by atoms with Crippen LogP contribution in [0.2, 0.25) is 0 Å². The van der Waals surface area contributed by atoms with Crippen LogP contribution in [0.15, 0.2) is 67.0 Å². The second-order valence-electron chi connectivity index (χ2n) is 8.88. The highest BCUT2D eigenvalue weighted by atomic mass is 16.2. The number of nitrogens with zero attached hydrogens (tertiary/aromatic N) is 6. The molecular formula is C26H30N6O. The molecule has 1 unspecified atom stereocenters. The number of aromatic nitrogens is 3. The first-order chi connectivity index (χ1) is 16.3. The molecule has 4 heterocycles. The van der Waals surface area contributed by atoms with E-state index in [1.807, 2.05) is 24.3 Å². The van der Waals surface area contributed by atoms with Gasteiger partial charge in [-0.3, -0.25) is 14.7 Å². The van der Waals surface area contributed by atoms with Crippen LogP contribution in [-0.2, 0) is 11.3 Å². The smallest absolute Gasteiger partial charge is 0.227 e. The van der Waals surface area contributed by atoms with Gasteiger partial charge < -0.3 is 9.80 Å². The Balaban J connectivity index is 1.16. The van der Waals surface area contributed by atoms with Gasteiger partial charge in [0.25, 0.3) is 0 Å². The zero-order chi connectivity index (χ0) is 22.5. The van der Waals surface area contributed by atoms with E-state index in [1.165, 1.54) is 5.56 Å². The van der Waals surface area contributed by atoms with Gasteiger partial charge >= 0.3 is 0 Å². The highest BCUT2D eigenvalue weighted by Crippen LogP contribution is 2.25. The van der Waals surface area contributed by atoms with Crippen molar-refractivity contribution in [1.82, 2.24) is 25.0 Å². The fraction of sp³-hybridized carbons (Fsp3) is 0.385. The normalized spacial score (nSPS) is 19.5. The van der Waals surface area contributed by atoms with Gasteiger partial charge in [-0.1, -0.05) is 30.3 Å². The second-order valence-corrected chi connectivity index (χ2v) is 8.88. The lowest BCUT2D eigenvalue weighted by Gasteiger charge is -2.39. The van der Waals surface area contributed by atoms with Gasteiger partial charge in [0.1, 0.15) is 0 Å². The maximum atomic E-state index is 13.3. The van der Waals surface area contributed by atoms with Gasteiger partial charge in [-0.2, -0.15) is 0 Å². The first-order valence-electron chi connectivity index (χ1n) is 11.8. The summed E-state index contributed by atoms with van der Waals surface area (Å²) in [5.41, 5.74) is 3.16. The monoisotopic (exact) mass is 442 g/mol. The minimum absolute atomic E-state index is 0.0288.